The maximum Gasteiger partial charge on any atom is 0.145 e. The number of rotatable bonds is 6. The van der Waals surface area contributed by atoms with Gasteiger partial charge in [0, 0.05) is 25.5 Å². The van der Waals surface area contributed by atoms with Gasteiger partial charge in [-0.15, -0.1) is 11.6 Å². The summed E-state index contributed by atoms with van der Waals surface area (Å²) in [5, 5.41) is 0. The quantitative estimate of drug-likeness (QED) is 0.718. The van der Waals surface area contributed by atoms with E-state index in [0.717, 1.165) is 30.2 Å². The van der Waals surface area contributed by atoms with E-state index in [-0.39, 0.29) is 0 Å². The number of methoxy groups -OCH3 is 2. The van der Waals surface area contributed by atoms with E-state index in [1.165, 1.54) is 0 Å². The lowest BCUT2D eigenvalue weighted by molar-refractivity contribution is 0.394. The van der Waals surface area contributed by atoms with Gasteiger partial charge in [0.05, 0.1) is 19.9 Å². The molecule has 90 valence electrons. The predicted molar refractivity (Wildman–Crippen MR) is 68.2 cm³/mol. The van der Waals surface area contributed by atoms with E-state index in [0.29, 0.717) is 5.88 Å². The minimum atomic E-state index is 0.669. The van der Waals surface area contributed by atoms with Gasteiger partial charge in [0.25, 0.3) is 0 Å². The first-order chi connectivity index (χ1) is 7.72. The first-order valence-corrected chi connectivity index (χ1v) is 5.75. The third kappa shape index (κ3) is 3.20. The molecule has 4 heteroatoms. The van der Waals surface area contributed by atoms with Crippen molar-refractivity contribution in [1.29, 1.82) is 0 Å². The summed E-state index contributed by atoms with van der Waals surface area (Å²) < 4.78 is 10.5. The molecule has 1 rings (SSSR count). The molecule has 0 atom stereocenters. The number of ether oxygens (including phenoxy) is 2. The first-order valence-electron chi connectivity index (χ1n) is 5.22. The van der Waals surface area contributed by atoms with Crippen molar-refractivity contribution in [3.63, 3.8) is 0 Å². The number of alkyl halides is 1. The Bertz CT molecular complexity index is 331. The van der Waals surface area contributed by atoms with Crippen LogP contribution in [0.15, 0.2) is 18.2 Å². The summed E-state index contributed by atoms with van der Waals surface area (Å²) in [5.74, 6) is 2.28. The molecule has 0 saturated heterocycles. The Kier molecular flexibility index (Phi) is 5.26. The Balaban J connectivity index is 2.85. The van der Waals surface area contributed by atoms with Crippen LogP contribution < -0.4 is 14.4 Å². The van der Waals surface area contributed by atoms with Crippen molar-refractivity contribution in [2.24, 2.45) is 0 Å². The summed E-state index contributed by atoms with van der Waals surface area (Å²) in [5.41, 5.74) is 1.05. The third-order valence-electron chi connectivity index (χ3n) is 2.43. The number of nitrogens with zero attached hydrogens (tertiary/aromatic N) is 1. The fourth-order valence-electron chi connectivity index (χ4n) is 1.52. The van der Waals surface area contributed by atoms with Crippen LogP contribution in [0, 0.1) is 0 Å². The lowest BCUT2D eigenvalue weighted by atomic mass is 10.2. The Morgan fingerprint density at radius 3 is 2.56 bits per heavy atom. The second-order valence-electron chi connectivity index (χ2n) is 3.50. The molecule has 0 heterocycles. The van der Waals surface area contributed by atoms with E-state index >= 15 is 0 Å². The van der Waals surface area contributed by atoms with E-state index in [4.69, 9.17) is 21.1 Å². The van der Waals surface area contributed by atoms with Crippen molar-refractivity contribution in [3.05, 3.63) is 18.2 Å². The average molecular weight is 244 g/mol. The van der Waals surface area contributed by atoms with E-state index in [2.05, 4.69) is 4.90 Å². The summed E-state index contributed by atoms with van der Waals surface area (Å²) in [6, 6.07) is 5.80. The fraction of sp³-hybridized carbons (Fsp3) is 0.500. The lowest BCUT2D eigenvalue weighted by Crippen LogP contribution is -2.19. The number of hydrogen-bond donors (Lipinski definition) is 0. The monoisotopic (exact) mass is 243 g/mol. The summed E-state index contributed by atoms with van der Waals surface area (Å²) in [6.07, 6.45) is 0.952. The molecule has 0 amide bonds. The highest BCUT2D eigenvalue weighted by molar-refractivity contribution is 6.17. The standard InChI is InChI=1S/C12H18ClNO2/c1-14(8-4-7-13)11-6-5-10(15-2)9-12(11)16-3/h5-6,9H,4,7-8H2,1-3H3. The van der Waals surface area contributed by atoms with Gasteiger partial charge >= 0.3 is 0 Å². The van der Waals surface area contributed by atoms with Gasteiger partial charge in [0.15, 0.2) is 0 Å². The van der Waals surface area contributed by atoms with E-state index in [1.807, 2.05) is 25.2 Å². The number of anilines is 1. The van der Waals surface area contributed by atoms with Crippen LogP contribution in [0.1, 0.15) is 6.42 Å². The summed E-state index contributed by atoms with van der Waals surface area (Å²) >= 11 is 5.68. The highest BCUT2D eigenvalue weighted by Crippen LogP contribution is 2.31. The van der Waals surface area contributed by atoms with Crippen LogP contribution in [0.5, 0.6) is 11.5 Å². The molecule has 1 aromatic carbocycles. The molecule has 3 nitrogen and oxygen atoms in total. The van der Waals surface area contributed by atoms with Crippen molar-refractivity contribution < 1.29 is 9.47 Å². The van der Waals surface area contributed by atoms with Gasteiger partial charge in [0.1, 0.15) is 11.5 Å². The van der Waals surface area contributed by atoms with Crippen molar-refractivity contribution >= 4 is 17.3 Å². The zero-order valence-corrected chi connectivity index (χ0v) is 10.8. The average Bonchev–Trinajstić information content (AvgIpc) is 2.34. The zero-order chi connectivity index (χ0) is 12.0. The van der Waals surface area contributed by atoms with Crippen LogP contribution in [0.25, 0.3) is 0 Å². The van der Waals surface area contributed by atoms with Crippen LogP contribution in [0.2, 0.25) is 0 Å². The molecular formula is C12H18ClNO2. The summed E-state index contributed by atoms with van der Waals surface area (Å²) in [4.78, 5) is 2.13. The van der Waals surface area contributed by atoms with Gasteiger partial charge in [0.2, 0.25) is 0 Å². The molecule has 0 bridgehead atoms. The SMILES string of the molecule is COc1ccc(N(C)CCCCl)c(OC)c1. The summed E-state index contributed by atoms with van der Waals surface area (Å²) in [6.45, 7) is 0.909. The van der Waals surface area contributed by atoms with Crippen LogP contribution >= 0.6 is 11.6 Å². The van der Waals surface area contributed by atoms with Gasteiger partial charge in [-0.2, -0.15) is 0 Å². The molecular weight excluding hydrogens is 226 g/mol. The third-order valence-corrected chi connectivity index (χ3v) is 2.69. The maximum atomic E-state index is 5.68. The predicted octanol–water partition coefficient (Wildman–Crippen LogP) is 2.77. The molecule has 0 aliphatic carbocycles. The lowest BCUT2D eigenvalue weighted by Gasteiger charge is -2.21. The van der Waals surface area contributed by atoms with Crippen LogP contribution in [-0.2, 0) is 0 Å². The highest BCUT2D eigenvalue weighted by atomic mass is 35.5. The van der Waals surface area contributed by atoms with Crippen molar-refractivity contribution in [2.45, 2.75) is 6.42 Å². The van der Waals surface area contributed by atoms with Crippen molar-refractivity contribution in [3.8, 4) is 11.5 Å². The molecule has 0 unspecified atom stereocenters. The van der Waals surface area contributed by atoms with Gasteiger partial charge in [-0.1, -0.05) is 0 Å². The van der Waals surface area contributed by atoms with E-state index in [1.54, 1.807) is 14.2 Å². The molecule has 16 heavy (non-hydrogen) atoms. The maximum absolute atomic E-state index is 5.68. The van der Waals surface area contributed by atoms with Gasteiger partial charge in [-0.3, -0.25) is 0 Å². The largest absolute Gasteiger partial charge is 0.497 e. The molecule has 0 N–H and O–H groups in total. The summed E-state index contributed by atoms with van der Waals surface area (Å²) in [7, 11) is 5.33. The second kappa shape index (κ2) is 6.48. The smallest absolute Gasteiger partial charge is 0.145 e. The van der Waals surface area contributed by atoms with E-state index < -0.39 is 0 Å². The molecule has 0 aliphatic heterocycles. The van der Waals surface area contributed by atoms with Gasteiger partial charge < -0.3 is 14.4 Å². The van der Waals surface area contributed by atoms with E-state index in [9.17, 15) is 0 Å². The Morgan fingerprint density at radius 2 is 2.00 bits per heavy atom. The van der Waals surface area contributed by atoms with Crippen LogP contribution in [-0.4, -0.2) is 33.7 Å². The highest BCUT2D eigenvalue weighted by Gasteiger charge is 2.08. The minimum Gasteiger partial charge on any atom is -0.497 e. The Hall–Kier alpha value is -1.09. The van der Waals surface area contributed by atoms with Crippen LogP contribution in [0.4, 0.5) is 5.69 Å². The zero-order valence-electron chi connectivity index (χ0n) is 10.00. The van der Waals surface area contributed by atoms with Crippen molar-refractivity contribution in [1.82, 2.24) is 0 Å². The first kappa shape index (κ1) is 13.0. The van der Waals surface area contributed by atoms with Gasteiger partial charge in [-0.25, -0.2) is 0 Å². The molecule has 0 aliphatic rings. The fourth-order valence-corrected chi connectivity index (χ4v) is 1.64. The molecule has 0 spiro atoms. The Morgan fingerprint density at radius 1 is 1.25 bits per heavy atom. The molecule has 0 fully saturated rings. The molecule has 0 aromatic heterocycles. The number of hydrogen-bond acceptors (Lipinski definition) is 3. The van der Waals surface area contributed by atoms with Crippen LogP contribution in [0.3, 0.4) is 0 Å². The number of halogens is 1. The molecule has 0 radical (unpaired) electrons. The normalized spacial score (nSPS) is 10.0. The van der Waals surface area contributed by atoms with Crippen molar-refractivity contribution in [2.75, 3.05) is 38.6 Å². The molecule has 1 aromatic rings. The number of benzene rings is 1. The molecule has 0 saturated carbocycles. The topological polar surface area (TPSA) is 21.7 Å². The van der Waals surface area contributed by atoms with Gasteiger partial charge in [-0.05, 0) is 18.6 Å². The second-order valence-corrected chi connectivity index (χ2v) is 3.88. The minimum absolute atomic E-state index is 0.669. The Labute approximate surface area is 102 Å².